The Morgan fingerprint density at radius 3 is 2.91 bits per heavy atom. The molecule has 0 aliphatic heterocycles. The van der Waals surface area contributed by atoms with Crippen molar-refractivity contribution in [3.63, 3.8) is 0 Å². The largest absolute Gasteiger partial charge is 0.128 e. The molecule has 1 aliphatic rings. The molecule has 11 heavy (non-hydrogen) atoms. The molecular weight excluding hydrogens is 176 g/mol. The quantitative estimate of drug-likeness (QED) is 0.657. The first kappa shape index (κ1) is 7.63. The summed E-state index contributed by atoms with van der Waals surface area (Å²) >= 11 is 7.58. The third-order valence-corrected chi connectivity index (χ3v) is 3.77. The molecule has 1 heterocycles. The molecular formula is C9H11ClS. The van der Waals surface area contributed by atoms with Crippen molar-refractivity contribution in [1.29, 1.82) is 0 Å². The maximum Gasteiger partial charge on any atom is 0.0931 e. The molecule has 0 N–H and O–H groups in total. The van der Waals surface area contributed by atoms with Gasteiger partial charge in [0.2, 0.25) is 0 Å². The summed E-state index contributed by atoms with van der Waals surface area (Å²) in [5.41, 5.74) is 0. The van der Waals surface area contributed by atoms with Gasteiger partial charge in [0.05, 0.1) is 4.34 Å². The predicted octanol–water partition coefficient (Wildman–Crippen LogP) is 3.92. The fourth-order valence-electron chi connectivity index (χ4n) is 1.57. The van der Waals surface area contributed by atoms with Crippen LogP contribution in [0.25, 0.3) is 0 Å². The summed E-state index contributed by atoms with van der Waals surface area (Å²) in [5, 5.41) is 0. The normalized spacial score (nSPS) is 28.9. The van der Waals surface area contributed by atoms with Gasteiger partial charge in [-0.3, -0.25) is 0 Å². The lowest BCUT2D eigenvalue weighted by atomic mass is 10.2. The Morgan fingerprint density at radius 1 is 1.64 bits per heavy atom. The van der Waals surface area contributed by atoms with Gasteiger partial charge in [-0.1, -0.05) is 24.9 Å². The summed E-state index contributed by atoms with van der Waals surface area (Å²) < 4.78 is 0.932. The molecule has 0 nitrogen and oxygen atoms in total. The van der Waals surface area contributed by atoms with Crippen LogP contribution in [0, 0.1) is 5.92 Å². The van der Waals surface area contributed by atoms with Crippen molar-refractivity contribution in [3.8, 4) is 0 Å². The average molecular weight is 187 g/mol. The van der Waals surface area contributed by atoms with Crippen LogP contribution in [0.3, 0.4) is 0 Å². The van der Waals surface area contributed by atoms with Crippen molar-refractivity contribution in [2.45, 2.75) is 25.7 Å². The Balaban J connectivity index is 2.08. The molecule has 1 fully saturated rings. The molecule has 2 atom stereocenters. The molecule has 2 unspecified atom stereocenters. The molecule has 2 rings (SSSR count). The van der Waals surface area contributed by atoms with E-state index < -0.39 is 0 Å². The van der Waals surface area contributed by atoms with Crippen LogP contribution in [0.1, 0.15) is 30.6 Å². The van der Waals surface area contributed by atoms with Crippen molar-refractivity contribution >= 4 is 22.9 Å². The lowest BCUT2D eigenvalue weighted by molar-refractivity contribution is 0.770. The third kappa shape index (κ3) is 1.45. The molecule has 0 saturated heterocycles. The van der Waals surface area contributed by atoms with Gasteiger partial charge in [0.25, 0.3) is 0 Å². The number of hydrogen-bond acceptors (Lipinski definition) is 1. The van der Waals surface area contributed by atoms with E-state index in [2.05, 4.69) is 13.0 Å². The fourth-order valence-corrected chi connectivity index (χ4v) is 2.84. The van der Waals surface area contributed by atoms with Crippen LogP contribution in [0.2, 0.25) is 4.34 Å². The highest BCUT2D eigenvalue weighted by Crippen LogP contribution is 2.51. The molecule has 60 valence electrons. The van der Waals surface area contributed by atoms with Gasteiger partial charge < -0.3 is 0 Å². The van der Waals surface area contributed by atoms with Crippen LogP contribution in [-0.4, -0.2) is 0 Å². The van der Waals surface area contributed by atoms with Gasteiger partial charge in [0.1, 0.15) is 0 Å². The van der Waals surface area contributed by atoms with Gasteiger partial charge >= 0.3 is 0 Å². The molecule has 1 aromatic heterocycles. The second-order valence-electron chi connectivity index (χ2n) is 3.15. The summed E-state index contributed by atoms with van der Waals surface area (Å²) in [6.07, 6.45) is 2.70. The maximum absolute atomic E-state index is 5.84. The maximum atomic E-state index is 5.84. The first-order valence-corrected chi connectivity index (χ1v) is 5.26. The first-order chi connectivity index (χ1) is 5.31. The van der Waals surface area contributed by atoms with E-state index in [4.69, 9.17) is 11.6 Å². The average Bonchev–Trinajstić information content (AvgIpc) is 2.68. The standard InChI is InChI=1S/C9H11ClS/c1-2-6-5-7(6)8-3-4-9(10)11-8/h3-4,6-7H,2,5H2,1H3. The lowest BCUT2D eigenvalue weighted by Crippen LogP contribution is -1.74. The second kappa shape index (κ2) is 2.80. The van der Waals surface area contributed by atoms with E-state index >= 15 is 0 Å². The van der Waals surface area contributed by atoms with E-state index in [0.717, 1.165) is 16.2 Å². The van der Waals surface area contributed by atoms with E-state index in [1.165, 1.54) is 17.7 Å². The van der Waals surface area contributed by atoms with E-state index in [-0.39, 0.29) is 0 Å². The number of thiophene rings is 1. The SMILES string of the molecule is CCC1CC1c1ccc(Cl)s1. The summed E-state index contributed by atoms with van der Waals surface area (Å²) in [5.74, 6) is 1.79. The zero-order valence-corrected chi connectivity index (χ0v) is 8.08. The minimum atomic E-state index is 0.845. The van der Waals surface area contributed by atoms with E-state index in [0.29, 0.717) is 0 Å². The molecule has 1 aliphatic carbocycles. The van der Waals surface area contributed by atoms with Gasteiger partial charge in [0, 0.05) is 4.88 Å². The highest BCUT2D eigenvalue weighted by Gasteiger charge is 2.37. The Hall–Kier alpha value is -0.0100. The van der Waals surface area contributed by atoms with Crippen molar-refractivity contribution in [2.75, 3.05) is 0 Å². The highest BCUT2D eigenvalue weighted by molar-refractivity contribution is 7.16. The summed E-state index contributed by atoms with van der Waals surface area (Å²) in [6.45, 7) is 2.26. The van der Waals surface area contributed by atoms with Crippen LogP contribution in [0.4, 0.5) is 0 Å². The zero-order chi connectivity index (χ0) is 7.84. The Morgan fingerprint density at radius 2 is 2.45 bits per heavy atom. The van der Waals surface area contributed by atoms with Gasteiger partial charge in [-0.05, 0) is 30.4 Å². The smallest absolute Gasteiger partial charge is 0.0931 e. The summed E-state index contributed by atoms with van der Waals surface area (Å²) in [7, 11) is 0. The van der Waals surface area contributed by atoms with Crippen molar-refractivity contribution < 1.29 is 0 Å². The Labute approximate surface area is 76.2 Å². The number of halogens is 1. The van der Waals surface area contributed by atoms with Crippen LogP contribution in [0.15, 0.2) is 12.1 Å². The molecule has 0 bridgehead atoms. The summed E-state index contributed by atoms with van der Waals surface area (Å²) in [6, 6.07) is 4.18. The van der Waals surface area contributed by atoms with Crippen molar-refractivity contribution in [2.24, 2.45) is 5.92 Å². The minimum Gasteiger partial charge on any atom is -0.128 e. The summed E-state index contributed by atoms with van der Waals surface area (Å²) in [4.78, 5) is 1.49. The van der Waals surface area contributed by atoms with Crippen LogP contribution < -0.4 is 0 Å². The van der Waals surface area contributed by atoms with Crippen molar-refractivity contribution in [3.05, 3.63) is 21.3 Å². The molecule has 0 aromatic carbocycles. The minimum absolute atomic E-state index is 0.845. The van der Waals surface area contributed by atoms with E-state index in [1.807, 2.05) is 6.07 Å². The van der Waals surface area contributed by atoms with Gasteiger partial charge in [-0.25, -0.2) is 0 Å². The Bertz CT molecular complexity index is 254. The fraction of sp³-hybridized carbons (Fsp3) is 0.556. The topological polar surface area (TPSA) is 0 Å². The predicted molar refractivity (Wildman–Crippen MR) is 50.5 cm³/mol. The molecule has 1 aromatic rings. The van der Waals surface area contributed by atoms with Crippen molar-refractivity contribution in [1.82, 2.24) is 0 Å². The monoisotopic (exact) mass is 186 g/mol. The highest BCUT2D eigenvalue weighted by atomic mass is 35.5. The molecule has 0 radical (unpaired) electrons. The van der Waals surface area contributed by atoms with Gasteiger partial charge in [0.15, 0.2) is 0 Å². The number of hydrogen-bond donors (Lipinski definition) is 0. The first-order valence-electron chi connectivity index (χ1n) is 4.06. The van der Waals surface area contributed by atoms with Gasteiger partial charge in [-0.2, -0.15) is 0 Å². The van der Waals surface area contributed by atoms with E-state index in [1.54, 1.807) is 11.3 Å². The van der Waals surface area contributed by atoms with Crippen LogP contribution in [-0.2, 0) is 0 Å². The molecule has 0 spiro atoms. The molecule has 2 heteroatoms. The zero-order valence-electron chi connectivity index (χ0n) is 6.51. The van der Waals surface area contributed by atoms with Crippen LogP contribution in [0.5, 0.6) is 0 Å². The number of rotatable bonds is 2. The van der Waals surface area contributed by atoms with E-state index in [9.17, 15) is 0 Å². The second-order valence-corrected chi connectivity index (χ2v) is 4.90. The molecule has 0 amide bonds. The van der Waals surface area contributed by atoms with Gasteiger partial charge in [-0.15, -0.1) is 11.3 Å². The third-order valence-electron chi connectivity index (χ3n) is 2.41. The molecule has 1 saturated carbocycles. The Kier molecular flexibility index (Phi) is 1.94. The lowest BCUT2D eigenvalue weighted by Gasteiger charge is -1.90. The van der Waals surface area contributed by atoms with Crippen LogP contribution >= 0.6 is 22.9 Å².